The quantitative estimate of drug-likeness (QED) is 0.939. The summed E-state index contributed by atoms with van der Waals surface area (Å²) in [6, 6.07) is 9.18. The molecule has 1 aliphatic rings. The SMILES string of the molecule is Cc1cc(C(=O)N2CCCC(CO)C2)nn1-c1cccc(Cl)c1. The zero-order valence-electron chi connectivity index (χ0n) is 13.1. The average molecular weight is 334 g/mol. The Bertz CT molecular complexity index is 714. The standard InChI is InChI=1S/C17H20ClN3O2/c1-12-8-16(17(23)20-7-3-4-13(10-20)11-22)19-21(12)15-6-2-5-14(18)9-15/h2,5-6,8-9,13,22H,3-4,7,10-11H2,1H3. The summed E-state index contributed by atoms with van der Waals surface area (Å²) in [6.45, 7) is 3.36. The molecule has 1 N–H and O–H groups in total. The Labute approximate surface area is 140 Å². The minimum absolute atomic E-state index is 0.0768. The van der Waals surface area contributed by atoms with Crippen LogP contribution in [0.2, 0.25) is 5.02 Å². The first-order valence-electron chi connectivity index (χ1n) is 7.81. The Hall–Kier alpha value is -1.85. The molecule has 1 atom stereocenters. The van der Waals surface area contributed by atoms with Crippen molar-refractivity contribution < 1.29 is 9.90 Å². The zero-order valence-corrected chi connectivity index (χ0v) is 13.8. The summed E-state index contributed by atoms with van der Waals surface area (Å²) in [5, 5.41) is 14.4. The van der Waals surface area contributed by atoms with Gasteiger partial charge in [-0.1, -0.05) is 17.7 Å². The molecule has 23 heavy (non-hydrogen) atoms. The Balaban J connectivity index is 1.84. The van der Waals surface area contributed by atoms with Crippen molar-refractivity contribution in [3.05, 3.63) is 46.7 Å². The highest BCUT2D eigenvalue weighted by Crippen LogP contribution is 2.20. The highest BCUT2D eigenvalue weighted by Gasteiger charge is 2.26. The molecule has 1 fully saturated rings. The van der Waals surface area contributed by atoms with Gasteiger partial charge in [-0.05, 0) is 49.9 Å². The number of aliphatic hydroxyl groups is 1. The number of likely N-dealkylation sites (tertiary alicyclic amines) is 1. The number of aromatic nitrogens is 2. The lowest BCUT2D eigenvalue weighted by atomic mass is 9.99. The van der Waals surface area contributed by atoms with Gasteiger partial charge in [0.1, 0.15) is 0 Å². The number of aliphatic hydroxyl groups excluding tert-OH is 1. The third kappa shape index (κ3) is 3.41. The van der Waals surface area contributed by atoms with E-state index in [9.17, 15) is 9.90 Å². The number of piperidine rings is 1. The number of nitrogens with zero attached hydrogens (tertiary/aromatic N) is 3. The van der Waals surface area contributed by atoms with Crippen LogP contribution < -0.4 is 0 Å². The van der Waals surface area contributed by atoms with Crippen molar-refractivity contribution in [2.24, 2.45) is 5.92 Å². The van der Waals surface area contributed by atoms with Crippen molar-refractivity contribution in [3.8, 4) is 5.69 Å². The minimum Gasteiger partial charge on any atom is -0.396 e. The number of halogens is 1. The number of rotatable bonds is 3. The van der Waals surface area contributed by atoms with Crippen molar-refractivity contribution in [2.75, 3.05) is 19.7 Å². The second-order valence-corrected chi connectivity index (χ2v) is 6.44. The second-order valence-electron chi connectivity index (χ2n) is 6.00. The number of aryl methyl sites for hydroxylation is 1. The van der Waals surface area contributed by atoms with E-state index in [-0.39, 0.29) is 18.4 Å². The Morgan fingerprint density at radius 3 is 3.00 bits per heavy atom. The Morgan fingerprint density at radius 2 is 2.26 bits per heavy atom. The van der Waals surface area contributed by atoms with Crippen LogP contribution in [0.5, 0.6) is 0 Å². The molecule has 1 aromatic carbocycles. The summed E-state index contributed by atoms with van der Waals surface area (Å²) in [4.78, 5) is 14.5. The lowest BCUT2D eigenvalue weighted by molar-refractivity contribution is 0.0614. The van der Waals surface area contributed by atoms with Crippen molar-refractivity contribution in [1.82, 2.24) is 14.7 Å². The third-order valence-corrected chi connectivity index (χ3v) is 4.46. The fraction of sp³-hybridized carbons (Fsp3) is 0.412. The maximum Gasteiger partial charge on any atom is 0.274 e. The van der Waals surface area contributed by atoms with Crippen LogP contribution >= 0.6 is 11.6 Å². The van der Waals surface area contributed by atoms with Crippen LogP contribution in [0.4, 0.5) is 0 Å². The lowest BCUT2D eigenvalue weighted by Gasteiger charge is -2.31. The molecule has 1 aliphatic heterocycles. The van der Waals surface area contributed by atoms with E-state index in [1.165, 1.54) is 0 Å². The van der Waals surface area contributed by atoms with E-state index < -0.39 is 0 Å². The highest BCUT2D eigenvalue weighted by atomic mass is 35.5. The fourth-order valence-electron chi connectivity index (χ4n) is 3.01. The summed E-state index contributed by atoms with van der Waals surface area (Å²) in [5.74, 6) is 0.0934. The first-order valence-corrected chi connectivity index (χ1v) is 8.19. The smallest absolute Gasteiger partial charge is 0.274 e. The topological polar surface area (TPSA) is 58.4 Å². The van der Waals surface area contributed by atoms with Gasteiger partial charge in [0.15, 0.2) is 5.69 Å². The van der Waals surface area contributed by atoms with E-state index >= 15 is 0 Å². The normalized spacial score (nSPS) is 18.2. The second kappa shape index (κ2) is 6.72. The van der Waals surface area contributed by atoms with Crippen molar-refractivity contribution in [2.45, 2.75) is 19.8 Å². The molecule has 0 radical (unpaired) electrons. The highest BCUT2D eigenvalue weighted by molar-refractivity contribution is 6.30. The van der Waals surface area contributed by atoms with Gasteiger partial charge in [0.25, 0.3) is 5.91 Å². The van der Waals surface area contributed by atoms with Crippen LogP contribution in [-0.4, -0.2) is 45.4 Å². The fourth-order valence-corrected chi connectivity index (χ4v) is 3.19. The van der Waals surface area contributed by atoms with Gasteiger partial charge >= 0.3 is 0 Å². The van der Waals surface area contributed by atoms with Crippen molar-refractivity contribution in [1.29, 1.82) is 0 Å². The third-order valence-electron chi connectivity index (χ3n) is 4.22. The van der Waals surface area contributed by atoms with Crippen LogP contribution in [0.3, 0.4) is 0 Å². The number of amides is 1. The Kier molecular flexibility index (Phi) is 4.68. The number of benzene rings is 1. The summed E-state index contributed by atoms with van der Waals surface area (Å²) >= 11 is 6.03. The average Bonchev–Trinajstić information content (AvgIpc) is 2.96. The van der Waals surface area contributed by atoms with Gasteiger partial charge in [-0.3, -0.25) is 4.79 Å². The predicted octanol–water partition coefficient (Wildman–Crippen LogP) is 2.68. The molecule has 1 aromatic heterocycles. The molecule has 2 heterocycles. The van der Waals surface area contributed by atoms with Gasteiger partial charge in [0.2, 0.25) is 0 Å². The maximum atomic E-state index is 12.7. The molecular weight excluding hydrogens is 314 g/mol. The van der Waals surface area contributed by atoms with E-state index in [4.69, 9.17) is 11.6 Å². The van der Waals surface area contributed by atoms with Gasteiger partial charge in [-0.15, -0.1) is 0 Å². The Morgan fingerprint density at radius 1 is 1.43 bits per heavy atom. The number of carbonyl (C=O) groups excluding carboxylic acids is 1. The van der Waals surface area contributed by atoms with Gasteiger partial charge in [-0.25, -0.2) is 4.68 Å². The predicted molar refractivity (Wildman–Crippen MR) is 89.0 cm³/mol. The molecule has 0 bridgehead atoms. The number of hydrogen-bond donors (Lipinski definition) is 1. The molecule has 0 spiro atoms. The van der Waals surface area contributed by atoms with Crippen molar-refractivity contribution >= 4 is 17.5 Å². The molecule has 122 valence electrons. The minimum atomic E-state index is -0.0768. The van der Waals surface area contributed by atoms with E-state index in [1.807, 2.05) is 25.1 Å². The lowest BCUT2D eigenvalue weighted by Crippen LogP contribution is -2.41. The first kappa shape index (κ1) is 16.0. The van der Waals surface area contributed by atoms with Crippen LogP contribution in [0, 0.1) is 12.8 Å². The number of carbonyl (C=O) groups is 1. The van der Waals surface area contributed by atoms with Gasteiger partial charge in [0, 0.05) is 30.4 Å². The van der Waals surface area contributed by atoms with Crippen LogP contribution in [0.15, 0.2) is 30.3 Å². The molecule has 6 heteroatoms. The van der Waals surface area contributed by atoms with E-state index in [2.05, 4.69) is 5.10 Å². The van der Waals surface area contributed by atoms with E-state index in [0.717, 1.165) is 30.8 Å². The summed E-state index contributed by atoms with van der Waals surface area (Å²) < 4.78 is 1.73. The van der Waals surface area contributed by atoms with Gasteiger partial charge in [-0.2, -0.15) is 5.10 Å². The van der Waals surface area contributed by atoms with Crippen LogP contribution in [0.1, 0.15) is 29.0 Å². The zero-order chi connectivity index (χ0) is 16.4. The molecule has 3 rings (SSSR count). The summed E-state index contributed by atoms with van der Waals surface area (Å²) in [5.41, 5.74) is 2.15. The van der Waals surface area contributed by atoms with Gasteiger partial charge < -0.3 is 10.0 Å². The molecule has 5 nitrogen and oxygen atoms in total. The van der Waals surface area contributed by atoms with Crippen LogP contribution in [0.25, 0.3) is 5.69 Å². The summed E-state index contributed by atoms with van der Waals surface area (Å²) in [6.07, 6.45) is 1.89. The molecule has 1 saturated heterocycles. The first-order chi connectivity index (χ1) is 11.1. The van der Waals surface area contributed by atoms with Crippen molar-refractivity contribution in [3.63, 3.8) is 0 Å². The largest absolute Gasteiger partial charge is 0.396 e. The van der Waals surface area contributed by atoms with Crippen LogP contribution in [-0.2, 0) is 0 Å². The molecule has 1 unspecified atom stereocenters. The molecule has 2 aromatic rings. The monoisotopic (exact) mass is 333 g/mol. The van der Waals surface area contributed by atoms with E-state index in [0.29, 0.717) is 17.3 Å². The molecule has 1 amide bonds. The number of hydrogen-bond acceptors (Lipinski definition) is 3. The maximum absolute atomic E-state index is 12.7. The molecule has 0 aliphatic carbocycles. The van der Waals surface area contributed by atoms with Gasteiger partial charge in [0.05, 0.1) is 5.69 Å². The molecule has 0 saturated carbocycles. The summed E-state index contributed by atoms with van der Waals surface area (Å²) in [7, 11) is 0. The molecular formula is C17H20ClN3O2. The van der Waals surface area contributed by atoms with E-state index in [1.54, 1.807) is 21.7 Å².